The smallest absolute Gasteiger partial charge is 0.144 e. The zero-order chi connectivity index (χ0) is 9.10. The molecule has 0 saturated carbocycles. The molecular formula is C11H9NO. The van der Waals surface area contributed by atoms with Crippen molar-refractivity contribution < 1.29 is 4.79 Å². The maximum Gasteiger partial charge on any atom is 0.144 e. The van der Waals surface area contributed by atoms with Crippen molar-refractivity contribution in [2.24, 2.45) is 0 Å². The van der Waals surface area contributed by atoms with Gasteiger partial charge < -0.3 is 4.57 Å². The van der Waals surface area contributed by atoms with Crippen LogP contribution in [0.4, 0.5) is 0 Å². The number of hydrogen-bond acceptors (Lipinski definition) is 1. The van der Waals surface area contributed by atoms with Crippen molar-refractivity contribution in [3.05, 3.63) is 42.6 Å². The van der Waals surface area contributed by atoms with E-state index < -0.39 is 0 Å². The van der Waals surface area contributed by atoms with Crippen molar-refractivity contribution in [3.8, 4) is 0 Å². The van der Waals surface area contributed by atoms with Crippen molar-refractivity contribution in [1.29, 1.82) is 0 Å². The lowest BCUT2D eigenvalue weighted by atomic mass is 10.2. The summed E-state index contributed by atoms with van der Waals surface area (Å²) in [5.41, 5.74) is 1.11. The molecule has 0 bridgehead atoms. The number of carbonyl (C=O) groups excluding carboxylic acids is 1. The van der Waals surface area contributed by atoms with E-state index in [1.165, 1.54) is 11.5 Å². The second-order valence-corrected chi connectivity index (χ2v) is 2.76. The second-order valence-electron chi connectivity index (χ2n) is 2.76. The molecule has 0 aliphatic carbocycles. The molecule has 0 atom stereocenters. The van der Waals surface area contributed by atoms with Crippen LogP contribution in [0.15, 0.2) is 42.6 Å². The zero-order valence-corrected chi connectivity index (χ0v) is 7.05. The molecule has 2 heteroatoms. The number of carbonyl (C=O) groups is 1. The molecule has 1 aromatic heterocycles. The summed E-state index contributed by atoms with van der Waals surface area (Å²) in [6, 6.07) is 10.1. The third-order valence-corrected chi connectivity index (χ3v) is 1.95. The van der Waals surface area contributed by atoms with Crippen molar-refractivity contribution >= 4 is 23.4 Å². The molecule has 1 aromatic carbocycles. The predicted octanol–water partition coefficient (Wildman–Crippen LogP) is 2.31. The number of benzene rings is 1. The van der Waals surface area contributed by atoms with Crippen LogP contribution in [-0.4, -0.2) is 10.9 Å². The molecule has 0 aliphatic heterocycles. The highest BCUT2D eigenvalue weighted by atomic mass is 16.1. The molecule has 0 saturated heterocycles. The summed E-state index contributed by atoms with van der Waals surface area (Å²) >= 11 is 0. The van der Waals surface area contributed by atoms with Crippen LogP contribution >= 0.6 is 0 Å². The van der Waals surface area contributed by atoms with Gasteiger partial charge in [-0.3, -0.25) is 4.79 Å². The first-order valence-electron chi connectivity index (χ1n) is 4.09. The van der Waals surface area contributed by atoms with Gasteiger partial charge in [0.1, 0.15) is 6.29 Å². The van der Waals surface area contributed by atoms with E-state index >= 15 is 0 Å². The molecule has 2 nitrogen and oxygen atoms in total. The molecule has 0 fully saturated rings. The number of allylic oxidation sites excluding steroid dienone is 1. The van der Waals surface area contributed by atoms with Crippen LogP contribution in [-0.2, 0) is 4.79 Å². The lowest BCUT2D eigenvalue weighted by Gasteiger charge is -1.95. The molecule has 64 valence electrons. The molecule has 1 heterocycles. The molecule has 0 radical (unpaired) electrons. The minimum atomic E-state index is 0.773. The van der Waals surface area contributed by atoms with Gasteiger partial charge in [0.05, 0.1) is 5.52 Å². The number of aldehydes is 1. The number of hydrogen-bond donors (Lipinski definition) is 0. The summed E-state index contributed by atoms with van der Waals surface area (Å²) in [6.07, 6.45) is 5.93. The Hall–Kier alpha value is -1.83. The van der Waals surface area contributed by atoms with Crippen molar-refractivity contribution in [2.75, 3.05) is 0 Å². The molecule has 0 N–H and O–H groups in total. The Kier molecular flexibility index (Phi) is 1.96. The zero-order valence-electron chi connectivity index (χ0n) is 7.05. The topological polar surface area (TPSA) is 22.0 Å². The van der Waals surface area contributed by atoms with E-state index in [0.717, 1.165) is 11.8 Å². The Morgan fingerprint density at radius 2 is 2.00 bits per heavy atom. The summed E-state index contributed by atoms with van der Waals surface area (Å²) in [4.78, 5) is 10.1. The molecule has 13 heavy (non-hydrogen) atoms. The third-order valence-electron chi connectivity index (χ3n) is 1.95. The maximum absolute atomic E-state index is 10.1. The third kappa shape index (κ3) is 1.38. The number of nitrogens with zero attached hydrogens (tertiary/aromatic N) is 1. The average molecular weight is 171 g/mol. The fourth-order valence-corrected chi connectivity index (χ4v) is 1.36. The van der Waals surface area contributed by atoms with E-state index in [9.17, 15) is 4.79 Å². The minimum absolute atomic E-state index is 0.773. The molecule has 2 aromatic rings. The van der Waals surface area contributed by atoms with Gasteiger partial charge in [-0.15, -0.1) is 0 Å². The Balaban J connectivity index is 2.57. The van der Waals surface area contributed by atoms with Crippen LogP contribution in [0, 0.1) is 0 Å². The number of para-hydroxylation sites is 1. The standard InChI is InChI=1S/C11H9NO/c13-9-3-7-12-8-6-10-4-1-2-5-11(10)12/h1-9H/b7-3+. The lowest BCUT2D eigenvalue weighted by Crippen LogP contribution is -1.81. The van der Waals surface area contributed by atoms with Gasteiger partial charge in [-0.05, 0) is 23.6 Å². The van der Waals surface area contributed by atoms with Gasteiger partial charge in [-0.25, -0.2) is 0 Å². The van der Waals surface area contributed by atoms with E-state index in [0.29, 0.717) is 0 Å². The Labute approximate surface area is 76.1 Å². The van der Waals surface area contributed by atoms with Gasteiger partial charge in [-0.2, -0.15) is 0 Å². The molecule has 0 unspecified atom stereocenters. The summed E-state index contributed by atoms with van der Waals surface area (Å²) in [5, 5.41) is 1.18. The first-order valence-corrected chi connectivity index (χ1v) is 4.09. The summed E-state index contributed by atoms with van der Waals surface area (Å²) in [6.45, 7) is 0. The number of fused-ring (bicyclic) bond motifs is 1. The van der Waals surface area contributed by atoms with Crippen LogP contribution in [0.25, 0.3) is 17.1 Å². The number of rotatable bonds is 2. The lowest BCUT2D eigenvalue weighted by molar-refractivity contribution is -0.104. The normalized spacial score (nSPS) is 11.1. The minimum Gasteiger partial charge on any atom is -0.323 e. The maximum atomic E-state index is 10.1. The van der Waals surface area contributed by atoms with Gasteiger partial charge in [0.2, 0.25) is 0 Å². The Morgan fingerprint density at radius 1 is 1.15 bits per heavy atom. The van der Waals surface area contributed by atoms with Crippen molar-refractivity contribution in [3.63, 3.8) is 0 Å². The summed E-state index contributed by atoms with van der Waals surface area (Å²) in [7, 11) is 0. The first-order chi connectivity index (χ1) is 6.42. The highest BCUT2D eigenvalue weighted by molar-refractivity contribution is 5.83. The van der Waals surface area contributed by atoms with Crippen LogP contribution in [0.1, 0.15) is 0 Å². The highest BCUT2D eigenvalue weighted by Crippen LogP contribution is 2.14. The van der Waals surface area contributed by atoms with Gasteiger partial charge >= 0.3 is 0 Å². The van der Waals surface area contributed by atoms with E-state index in [4.69, 9.17) is 0 Å². The second kappa shape index (κ2) is 3.27. The SMILES string of the molecule is O=C/C=C/n1ccc2ccccc21. The Morgan fingerprint density at radius 3 is 2.85 bits per heavy atom. The molecule has 0 spiro atoms. The van der Waals surface area contributed by atoms with Crippen LogP contribution in [0.5, 0.6) is 0 Å². The highest BCUT2D eigenvalue weighted by Gasteiger charge is 1.94. The molecule has 0 amide bonds. The van der Waals surface area contributed by atoms with Crippen molar-refractivity contribution in [1.82, 2.24) is 4.57 Å². The summed E-state index contributed by atoms with van der Waals surface area (Å²) in [5.74, 6) is 0. The van der Waals surface area contributed by atoms with Gasteiger partial charge in [-0.1, -0.05) is 18.2 Å². The van der Waals surface area contributed by atoms with Gasteiger partial charge in [0, 0.05) is 12.4 Å². The van der Waals surface area contributed by atoms with E-state index in [1.807, 2.05) is 41.1 Å². The first kappa shape index (κ1) is 7.80. The summed E-state index contributed by atoms with van der Waals surface area (Å²) < 4.78 is 1.92. The van der Waals surface area contributed by atoms with E-state index in [1.54, 1.807) is 6.20 Å². The van der Waals surface area contributed by atoms with Crippen molar-refractivity contribution in [2.45, 2.75) is 0 Å². The molecule has 0 aliphatic rings. The Bertz CT molecular complexity index is 454. The fraction of sp³-hybridized carbons (Fsp3) is 0. The number of aromatic nitrogens is 1. The van der Waals surface area contributed by atoms with E-state index in [2.05, 4.69) is 0 Å². The monoisotopic (exact) mass is 171 g/mol. The predicted molar refractivity (Wildman–Crippen MR) is 53.3 cm³/mol. The van der Waals surface area contributed by atoms with Crippen LogP contribution in [0.2, 0.25) is 0 Å². The quantitative estimate of drug-likeness (QED) is 0.502. The fourth-order valence-electron chi connectivity index (χ4n) is 1.36. The molecule has 2 rings (SSSR count). The molecular weight excluding hydrogens is 162 g/mol. The van der Waals surface area contributed by atoms with Crippen LogP contribution < -0.4 is 0 Å². The van der Waals surface area contributed by atoms with Gasteiger partial charge in [0.25, 0.3) is 0 Å². The van der Waals surface area contributed by atoms with Gasteiger partial charge in [0.15, 0.2) is 0 Å². The van der Waals surface area contributed by atoms with Crippen LogP contribution in [0.3, 0.4) is 0 Å². The average Bonchev–Trinajstić information content (AvgIpc) is 2.58. The largest absolute Gasteiger partial charge is 0.323 e. The van der Waals surface area contributed by atoms with E-state index in [-0.39, 0.29) is 0 Å².